The van der Waals surface area contributed by atoms with Gasteiger partial charge in [-0.15, -0.1) is 0 Å². The lowest BCUT2D eigenvalue weighted by Crippen LogP contribution is -2.30. The summed E-state index contributed by atoms with van der Waals surface area (Å²) in [5.74, 6) is 0.474. The van der Waals surface area contributed by atoms with Crippen molar-refractivity contribution < 1.29 is 4.79 Å². The molecule has 6 nitrogen and oxygen atoms in total. The predicted molar refractivity (Wildman–Crippen MR) is 88.3 cm³/mol. The van der Waals surface area contributed by atoms with Gasteiger partial charge in [0.05, 0.1) is 0 Å². The maximum Gasteiger partial charge on any atom is 0.272 e. The number of carbonyl (C=O) groups excluding carboxylic acids is 1. The third kappa shape index (κ3) is 4.25. The molecule has 0 spiro atoms. The minimum atomic E-state index is -0.0802. The number of carbonyl (C=O) groups is 1. The van der Waals surface area contributed by atoms with Crippen LogP contribution in [0.1, 0.15) is 34.6 Å². The Hall–Kier alpha value is -2.50. The largest absolute Gasteiger partial charge is 0.351 e. The van der Waals surface area contributed by atoms with E-state index in [1.165, 1.54) is 0 Å². The second-order valence-corrected chi connectivity index (χ2v) is 5.97. The normalized spacial score (nSPS) is 13.7. The maximum absolute atomic E-state index is 12.6. The van der Waals surface area contributed by atoms with Crippen LogP contribution in [0, 0.1) is 6.92 Å². The molecule has 0 radical (unpaired) electrons. The summed E-state index contributed by atoms with van der Waals surface area (Å²) in [4.78, 5) is 27.0. The molecule has 1 aliphatic rings. The zero-order valence-electron chi connectivity index (χ0n) is 13.5. The fourth-order valence-corrected chi connectivity index (χ4v) is 2.30. The van der Waals surface area contributed by atoms with Crippen molar-refractivity contribution in [1.82, 2.24) is 19.9 Å². The van der Waals surface area contributed by atoms with Gasteiger partial charge in [0.2, 0.25) is 5.95 Å². The van der Waals surface area contributed by atoms with Crippen molar-refractivity contribution in [3.63, 3.8) is 0 Å². The Morgan fingerprint density at radius 2 is 2.04 bits per heavy atom. The number of likely N-dealkylation sites (N-methyl/N-ethyl adjacent to an activating group) is 1. The van der Waals surface area contributed by atoms with Crippen molar-refractivity contribution in [2.24, 2.45) is 0 Å². The first-order valence-corrected chi connectivity index (χ1v) is 7.88. The van der Waals surface area contributed by atoms with E-state index in [9.17, 15) is 4.79 Å². The maximum atomic E-state index is 12.6. The number of aromatic nitrogens is 3. The van der Waals surface area contributed by atoms with Crippen LogP contribution in [0.15, 0.2) is 30.6 Å². The molecule has 1 aliphatic carbocycles. The number of amides is 1. The minimum Gasteiger partial charge on any atom is -0.351 e. The highest BCUT2D eigenvalue weighted by atomic mass is 16.2. The molecule has 0 unspecified atom stereocenters. The molecule has 2 aromatic rings. The average molecular weight is 311 g/mol. The minimum absolute atomic E-state index is 0.0802. The van der Waals surface area contributed by atoms with E-state index in [2.05, 4.69) is 20.3 Å². The topological polar surface area (TPSA) is 71.0 Å². The Morgan fingerprint density at radius 1 is 1.30 bits per heavy atom. The van der Waals surface area contributed by atoms with E-state index in [1.54, 1.807) is 30.4 Å². The molecular formula is C17H21N5O. The molecule has 0 bridgehead atoms. The summed E-state index contributed by atoms with van der Waals surface area (Å²) in [7, 11) is 1.80. The molecule has 23 heavy (non-hydrogen) atoms. The molecule has 3 rings (SSSR count). The van der Waals surface area contributed by atoms with Crippen molar-refractivity contribution in [3.05, 3.63) is 47.5 Å². The third-order valence-corrected chi connectivity index (χ3v) is 3.82. The highest BCUT2D eigenvalue weighted by Gasteiger charge is 2.23. The SMILES string of the molecule is Cc1cc(C(=O)N(C)CCc2ccncc2)nc(NC2CC2)n1. The van der Waals surface area contributed by atoms with Crippen LogP contribution in [0.4, 0.5) is 5.95 Å². The highest BCUT2D eigenvalue weighted by Crippen LogP contribution is 2.23. The number of hydrogen-bond donors (Lipinski definition) is 1. The fraction of sp³-hybridized carbons (Fsp3) is 0.412. The van der Waals surface area contributed by atoms with E-state index in [0.717, 1.165) is 30.5 Å². The van der Waals surface area contributed by atoms with Crippen molar-refractivity contribution in [2.75, 3.05) is 18.9 Å². The van der Waals surface area contributed by atoms with E-state index in [4.69, 9.17) is 0 Å². The fourth-order valence-electron chi connectivity index (χ4n) is 2.30. The monoisotopic (exact) mass is 311 g/mol. The lowest BCUT2D eigenvalue weighted by Gasteiger charge is -2.17. The molecule has 2 aromatic heterocycles. The third-order valence-electron chi connectivity index (χ3n) is 3.82. The van der Waals surface area contributed by atoms with Crippen LogP contribution >= 0.6 is 0 Å². The van der Waals surface area contributed by atoms with Gasteiger partial charge in [0, 0.05) is 37.7 Å². The molecular weight excluding hydrogens is 290 g/mol. The highest BCUT2D eigenvalue weighted by molar-refractivity contribution is 5.92. The molecule has 0 aromatic carbocycles. The second kappa shape index (κ2) is 6.73. The van der Waals surface area contributed by atoms with Crippen molar-refractivity contribution >= 4 is 11.9 Å². The van der Waals surface area contributed by atoms with Gasteiger partial charge in [0.25, 0.3) is 5.91 Å². The number of hydrogen-bond acceptors (Lipinski definition) is 5. The van der Waals surface area contributed by atoms with Gasteiger partial charge in [-0.1, -0.05) is 0 Å². The molecule has 0 aliphatic heterocycles. The Kier molecular flexibility index (Phi) is 4.50. The standard InChI is InChI=1S/C17H21N5O/c1-12-11-15(21-17(19-12)20-14-3-4-14)16(23)22(2)10-7-13-5-8-18-9-6-13/h5-6,8-9,11,14H,3-4,7,10H2,1-2H3,(H,19,20,21). The summed E-state index contributed by atoms with van der Waals surface area (Å²) in [5.41, 5.74) is 2.40. The quantitative estimate of drug-likeness (QED) is 0.884. The molecule has 1 N–H and O–H groups in total. The number of anilines is 1. The van der Waals surface area contributed by atoms with Gasteiger partial charge in [-0.05, 0) is 49.9 Å². The van der Waals surface area contributed by atoms with E-state index in [1.807, 2.05) is 19.1 Å². The van der Waals surface area contributed by atoms with Gasteiger partial charge in [-0.3, -0.25) is 9.78 Å². The summed E-state index contributed by atoms with van der Waals surface area (Å²) < 4.78 is 0. The van der Waals surface area contributed by atoms with Gasteiger partial charge in [0.15, 0.2) is 0 Å². The summed E-state index contributed by atoms with van der Waals surface area (Å²) in [6.45, 7) is 2.52. The number of rotatable bonds is 6. The molecule has 120 valence electrons. The average Bonchev–Trinajstić information content (AvgIpc) is 3.36. The second-order valence-electron chi connectivity index (χ2n) is 5.97. The Balaban J connectivity index is 1.65. The molecule has 1 saturated carbocycles. The number of pyridine rings is 1. The van der Waals surface area contributed by atoms with Gasteiger partial charge < -0.3 is 10.2 Å². The Bertz CT molecular complexity index is 685. The molecule has 1 fully saturated rings. The number of nitrogens with one attached hydrogen (secondary N) is 1. The lowest BCUT2D eigenvalue weighted by molar-refractivity contribution is 0.0790. The molecule has 0 atom stereocenters. The van der Waals surface area contributed by atoms with E-state index in [0.29, 0.717) is 24.2 Å². The zero-order chi connectivity index (χ0) is 16.2. The zero-order valence-corrected chi connectivity index (χ0v) is 13.5. The van der Waals surface area contributed by atoms with Crippen molar-refractivity contribution in [3.8, 4) is 0 Å². The molecule has 0 saturated heterocycles. The predicted octanol–water partition coefficient (Wildman–Crippen LogP) is 2.07. The van der Waals surface area contributed by atoms with Crippen molar-refractivity contribution in [2.45, 2.75) is 32.2 Å². The van der Waals surface area contributed by atoms with Crippen LogP contribution in [0.25, 0.3) is 0 Å². The van der Waals surface area contributed by atoms with Crippen LogP contribution in [0.5, 0.6) is 0 Å². The Morgan fingerprint density at radius 3 is 2.74 bits per heavy atom. The van der Waals surface area contributed by atoms with Crippen LogP contribution in [0.3, 0.4) is 0 Å². The van der Waals surface area contributed by atoms with Crippen LogP contribution in [-0.2, 0) is 6.42 Å². The first-order valence-electron chi connectivity index (χ1n) is 7.88. The lowest BCUT2D eigenvalue weighted by atomic mass is 10.2. The first-order chi connectivity index (χ1) is 11.1. The van der Waals surface area contributed by atoms with Gasteiger partial charge in [-0.2, -0.15) is 0 Å². The molecule has 6 heteroatoms. The van der Waals surface area contributed by atoms with Crippen LogP contribution in [-0.4, -0.2) is 45.4 Å². The van der Waals surface area contributed by atoms with E-state index in [-0.39, 0.29) is 5.91 Å². The summed E-state index contributed by atoms with van der Waals surface area (Å²) in [6.07, 6.45) is 6.61. The van der Waals surface area contributed by atoms with Gasteiger partial charge in [0.1, 0.15) is 5.69 Å². The number of nitrogens with zero attached hydrogens (tertiary/aromatic N) is 4. The van der Waals surface area contributed by atoms with Crippen LogP contribution < -0.4 is 5.32 Å². The van der Waals surface area contributed by atoms with Crippen molar-refractivity contribution in [1.29, 1.82) is 0 Å². The van der Waals surface area contributed by atoms with E-state index < -0.39 is 0 Å². The van der Waals surface area contributed by atoms with Gasteiger partial charge in [-0.25, -0.2) is 9.97 Å². The summed E-state index contributed by atoms with van der Waals surface area (Å²) >= 11 is 0. The smallest absolute Gasteiger partial charge is 0.272 e. The Labute approximate surface area is 136 Å². The van der Waals surface area contributed by atoms with Crippen LogP contribution in [0.2, 0.25) is 0 Å². The first kappa shape index (κ1) is 15.4. The molecule has 1 amide bonds. The van der Waals surface area contributed by atoms with Gasteiger partial charge >= 0.3 is 0 Å². The summed E-state index contributed by atoms with van der Waals surface area (Å²) in [6, 6.07) is 6.13. The summed E-state index contributed by atoms with van der Waals surface area (Å²) in [5, 5.41) is 3.25. The molecule has 2 heterocycles. The number of aryl methyl sites for hydroxylation is 1. The van der Waals surface area contributed by atoms with E-state index >= 15 is 0 Å².